The summed E-state index contributed by atoms with van der Waals surface area (Å²) in [5.41, 5.74) is 3.25. The number of carbonyl (C=O) groups excluding carboxylic acids is 1. The standard InChI is InChI=1S/C23H32N2O3S/c1-5-22(20-13-8-18(4)9-14-20)24-23(26)17-12-19-10-15-21(16-11-19)29(27,28)25(6-2)7-3/h8-11,13-16,22H,5-7,12,17H2,1-4H3,(H,24,26). The van der Waals surface area contributed by atoms with E-state index in [1.54, 1.807) is 24.3 Å². The van der Waals surface area contributed by atoms with Crippen LogP contribution in [0.25, 0.3) is 0 Å². The Hall–Kier alpha value is -2.18. The van der Waals surface area contributed by atoms with Crippen molar-refractivity contribution >= 4 is 15.9 Å². The molecule has 6 heteroatoms. The highest BCUT2D eigenvalue weighted by molar-refractivity contribution is 7.89. The molecule has 2 aromatic carbocycles. The third-order valence-corrected chi connectivity index (χ3v) is 7.19. The molecular weight excluding hydrogens is 384 g/mol. The number of nitrogens with one attached hydrogen (secondary N) is 1. The summed E-state index contributed by atoms with van der Waals surface area (Å²) < 4.78 is 26.5. The Bertz CT molecular complexity index is 887. The van der Waals surface area contributed by atoms with Crippen molar-refractivity contribution in [3.8, 4) is 0 Å². The van der Waals surface area contributed by atoms with E-state index < -0.39 is 10.0 Å². The molecule has 0 aromatic heterocycles. The summed E-state index contributed by atoms with van der Waals surface area (Å²) in [5, 5.41) is 3.10. The highest BCUT2D eigenvalue weighted by atomic mass is 32.2. The van der Waals surface area contributed by atoms with Crippen molar-refractivity contribution in [2.75, 3.05) is 13.1 Å². The topological polar surface area (TPSA) is 66.5 Å². The number of nitrogens with zero attached hydrogens (tertiary/aromatic N) is 1. The minimum Gasteiger partial charge on any atom is -0.349 e. The molecule has 158 valence electrons. The van der Waals surface area contributed by atoms with Crippen LogP contribution in [0.5, 0.6) is 0 Å². The highest BCUT2D eigenvalue weighted by Crippen LogP contribution is 2.19. The lowest BCUT2D eigenvalue weighted by Crippen LogP contribution is -2.30. The van der Waals surface area contributed by atoms with E-state index in [4.69, 9.17) is 0 Å². The van der Waals surface area contributed by atoms with Crippen molar-refractivity contribution < 1.29 is 13.2 Å². The molecule has 1 amide bonds. The normalized spacial score (nSPS) is 12.7. The predicted molar refractivity (Wildman–Crippen MR) is 117 cm³/mol. The zero-order valence-electron chi connectivity index (χ0n) is 17.8. The first-order chi connectivity index (χ1) is 13.8. The van der Waals surface area contributed by atoms with Crippen LogP contribution in [-0.2, 0) is 21.2 Å². The van der Waals surface area contributed by atoms with Gasteiger partial charge in [0.1, 0.15) is 0 Å². The fourth-order valence-electron chi connectivity index (χ4n) is 3.28. The Labute approximate surface area is 175 Å². The Balaban J connectivity index is 1.95. The molecular formula is C23H32N2O3S. The molecule has 0 aliphatic rings. The first-order valence-electron chi connectivity index (χ1n) is 10.3. The van der Waals surface area contributed by atoms with Gasteiger partial charge in [-0.3, -0.25) is 4.79 Å². The second-order valence-electron chi connectivity index (χ2n) is 7.17. The summed E-state index contributed by atoms with van der Waals surface area (Å²) in [6, 6.07) is 15.1. The van der Waals surface area contributed by atoms with Crippen molar-refractivity contribution in [2.45, 2.75) is 57.9 Å². The average molecular weight is 417 g/mol. The first kappa shape index (κ1) is 23.1. The van der Waals surface area contributed by atoms with Gasteiger partial charge < -0.3 is 5.32 Å². The maximum atomic E-state index is 12.5. The molecule has 0 radical (unpaired) electrons. The molecule has 1 unspecified atom stereocenters. The maximum Gasteiger partial charge on any atom is 0.243 e. The maximum absolute atomic E-state index is 12.5. The quantitative estimate of drug-likeness (QED) is 0.630. The van der Waals surface area contributed by atoms with Crippen LogP contribution in [0.15, 0.2) is 53.4 Å². The molecule has 29 heavy (non-hydrogen) atoms. The SMILES string of the molecule is CCC(NC(=O)CCc1ccc(S(=O)(=O)N(CC)CC)cc1)c1ccc(C)cc1. The Kier molecular flexibility index (Phi) is 8.41. The van der Waals surface area contributed by atoms with Gasteiger partial charge in [0.15, 0.2) is 0 Å². The van der Waals surface area contributed by atoms with Crippen LogP contribution in [0.1, 0.15) is 56.3 Å². The molecule has 0 bridgehead atoms. The van der Waals surface area contributed by atoms with Crippen molar-refractivity contribution in [1.29, 1.82) is 0 Å². The minimum absolute atomic E-state index is 0.00253. The fourth-order valence-corrected chi connectivity index (χ4v) is 4.74. The Morgan fingerprint density at radius 2 is 1.55 bits per heavy atom. The fraction of sp³-hybridized carbons (Fsp3) is 0.435. The number of hydrogen-bond acceptors (Lipinski definition) is 3. The van der Waals surface area contributed by atoms with Crippen LogP contribution >= 0.6 is 0 Å². The van der Waals surface area contributed by atoms with Gasteiger partial charge in [-0.25, -0.2) is 8.42 Å². The summed E-state index contributed by atoms with van der Waals surface area (Å²) in [6.07, 6.45) is 1.76. The Morgan fingerprint density at radius 3 is 2.07 bits per heavy atom. The molecule has 2 rings (SSSR count). The van der Waals surface area contributed by atoms with Gasteiger partial charge >= 0.3 is 0 Å². The number of sulfonamides is 1. The summed E-state index contributed by atoms with van der Waals surface area (Å²) in [4.78, 5) is 12.7. The van der Waals surface area contributed by atoms with E-state index in [0.29, 0.717) is 30.8 Å². The van der Waals surface area contributed by atoms with Crippen molar-refractivity contribution in [1.82, 2.24) is 9.62 Å². The largest absolute Gasteiger partial charge is 0.349 e. The van der Waals surface area contributed by atoms with Crippen molar-refractivity contribution in [2.24, 2.45) is 0 Å². The second kappa shape index (κ2) is 10.6. The molecule has 0 spiro atoms. The molecule has 0 saturated heterocycles. The van der Waals surface area contributed by atoms with E-state index in [2.05, 4.69) is 36.5 Å². The smallest absolute Gasteiger partial charge is 0.243 e. The summed E-state index contributed by atoms with van der Waals surface area (Å²) in [5.74, 6) is -0.00253. The van der Waals surface area contributed by atoms with E-state index in [1.165, 1.54) is 9.87 Å². The number of benzene rings is 2. The lowest BCUT2D eigenvalue weighted by Gasteiger charge is -2.19. The minimum atomic E-state index is -3.45. The summed E-state index contributed by atoms with van der Waals surface area (Å²) in [7, 11) is -3.45. The first-order valence-corrected chi connectivity index (χ1v) is 11.7. The van der Waals surface area contributed by atoms with Crippen LogP contribution in [0.2, 0.25) is 0 Å². The van der Waals surface area contributed by atoms with E-state index in [-0.39, 0.29) is 11.9 Å². The molecule has 0 fully saturated rings. The zero-order valence-corrected chi connectivity index (χ0v) is 18.6. The van der Waals surface area contributed by atoms with Crippen LogP contribution in [0, 0.1) is 6.92 Å². The van der Waals surface area contributed by atoms with E-state index in [1.807, 2.05) is 20.8 Å². The summed E-state index contributed by atoms with van der Waals surface area (Å²) in [6.45, 7) is 8.64. The number of hydrogen-bond donors (Lipinski definition) is 1. The average Bonchev–Trinajstić information content (AvgIpc) is 2.72. The van der Waals surface area contributed by atoms with Gasteiger partial charge in [-0.05, 0) is 43.0 Å². The molecule has 0 aliphatic carbocycles. The molecule has 0 aliphatic heterocycles. The van der Waals surface area contributed by atoms with Gasteiger partial charge in [-0.15, -0.1) is 0 Å². The molecule has 2 aromatic rings. The van der Waals surface area contributed by atoms with Gasteiger partial charge in [-0.1, -0.05) is 62.7 Å². The molecule has 0 saturated carbocycles. The monoisotopic (exact) mass is 416 g/mol. The lowest BCUT2D eigenvalue weighted by molar-refractivity contribution is -0.121. The van der Waals surface area contributed by atoms with Gasteiger partial charge in [0, 0.05) is 19.5 Å². The van der Waals surface area contributed by atoms with Crippen LogP contribution in [0.4, 0.5) is 0 Å². The van der Waals surface area contributed by atoms with Gasteiger partial charge in [0.2, 0.25) is 15.9 Å². The summed E-state index contributed by atoms with van der Waals surface area (Å²) >= 11 is 0. The van der Waals surface area contributed by atoms with Crippen LogP contribution < -0.4 is 5.32 Å². The molecule has 5 nitrogen and oxygen atoms in total. The molecule has 1 atom stereocenters. The van der Waals surface area contributed by atoms with Crippen molar-refractivity contribution in [3.05, 3.63) is 65.2 Å². The van der Waals surface area contributed by atoms with E-state index in [0.717, 1.165) is 17.5 Å². The van der Waals surface area contributed by atoms with Gasteiger partial charge in [-0.2, -0.15) is 4.31 Å². The second-order valence-corrected chi connectivity index (χ2v) is 9.11. The third kappa shape index (κ3) is 6.15. The number of amides is 1. The number of aryl methyl sites for hydroxylation is 2. The van der Waals surface area contributed by atoms with Crippen LogP contribution in [-0.4, -0.2) is 31.7 Å². The number of rotatable bonds is 10. The van der Waals surface area contributed by atoms with Gasteiger partial charge in [0.25, 0.3) is 0 Å². The van der Waals surface area contributed by atoms with E-state index in [9.17, 15) is 13.2 Å². The third-order valence-electron chi connectivity index (χ3n) is 5.13. The molecule has 1 N–H and O–H groups in total. The number of carbonyl (C=O) groups is 1. The van der Waals surface area contributed by atoms with Crippen LogP contribution in [0.3, 0.4) is 0 Å². The zero-order chi connectivity index (χ0) is 21.4. The Morgan fingerprint density at radius 1 is 0.966 bits per heavy atom. The molecule has 0 heterocycles. The van der Waals surface area contributed by atoms with Crippen molar-refractivity contribution in [3.63, 3.8) is 0 Å². The van der Waals surface area contributed by atoms with Gasteiger partial charge in [0.05, 0.1) is 10.9 Å². The predicted octanol–water partition coefficient (Wildman–Crippen LogP) is 4.23. The highest BCUT2D eigenvalue weighted by Gasteiger charge is 2.21. The van der Waals surface area contributed by atoms with E-state index >= 15 is 0 Å². The lowest BCUT2D eigenvalue weighted by atomic mass is 10.0.